The maximum absolute atomic E-state index is 11.0. The van der Waals surface area contributed by atoms with Crippen LogP contribution in [0, 0.1) is 0 Å². The molecule has 0 radical (unpaired) electrons. The lowest BCUT2D eigenvalue weighted by Gasteiger charge is -2.12. The number of nitrogens with one attached hydrogen (secondary N) is 1. The Bertz CT molecular complexity index is 510. The average molecular weight is 276 g/mol. The summed E-state index contributed by atoms with van der Waals surface area (Å²) in [5.74, 6) is -1.07. The van der Waals surface area contributed by atoms with Crippen LogP contribution in [0.5, 0.6) is 0 Å². The van der Waals surface area contributed by atoms with Gasteiger partial charge in [0.15, 0.2) is 5.69 Å². The minimum absolute atomic E-state index is 0.0603. The molecule has 0 aliphatic rings. The van der Waals surface area contributed by atoms with Gasteiger partial charge >= 0.3 is 5.97 Å². The van der Waals surface area contributed by atoms with Crippen molar-refractivity contribution in [1.29, 1.82) is 0 Å². The van der Waals surface area contributed by atoms with Gasteiger partial charge in [-0.05, 0) is 6.92 Å². The average Bonchev–Trinajstić information content (AvgIpc) is 2.63. The molecule has 0 aliphatic heterocycles. The molecule has 18 heavy (non-hydrogen) atoms. The van der Waals surface area contributed by atoms with E-state index in [2.05, 4.69) is 15.6 Å². The van der Waals surface area contributed by atoms with Gasteiger partial charge < -0.3 is 10.4 Å². The molecule has 0 spiro atoms. The minimum atomic E-state index is -3.00. The smallest absolute Gasteiger partial charge is 0.358 e. The maximum Gasteiger partial charge on any atom is 0.358 e. The van der Waals surface area contributed by atoms with E-state index < -0.39 is 15.8 Å². The largest absolute Gasteiger partial charge is 0.476 e. The zero-order chi connectivity index (χ0) is 13.8. The summed E-state index contributed by atoms with van der Waals surface area (Å²) >= 11 is 0. The van der Waals surface area contributed by atoms with Gasteiger partial charge in [0.1, 0.15) is 9.84 Å². The minimum Gasteiger partial charge on any atom is -0.476 e. The maximum atomic E-state index is 11.0. The number of carboxylic acid groups (broad SMARTS) is 1. The van der Waals surface area contributed by atoms with Gasteiger partial charge in [-0.15, -0.1) is 5.10 Å². The van der Waals surface area contributed by atoms with Crippen LogP contribution in [0.15, 0.2) is 6.20 Å². The molecule has 1 unspecified atom stereocenters. The summed E-state index contributed by atoms with van der Waals surface area (Å²) in [6.07, 6.45) is 2.51. The lowest BCUT2D eigenvalue weighted by molar-refractivity contribution is 0.0690. The van der Waals surface area contributed by atoms with Crippen LogP contribution in [0.4, 0.5) is 0 Å². The molecule has 0 saturated heterocycles. The van der Waals surface area contributed by atoms with Crippen LogP contribution < -0.4 is 5.32 Å². The Morgan fingerprint density at radius 3 is 2.78 bits per heavy atom. The molecule has 1 atom stereocenters. The SMILES string of the molecule is CC(CS(C)(=O)=O)NCCn1cc(C(=O)O)nn1. The highest BCUT2D eigenvalue weighted by Crippen LogP contribution is 1.93. The van der Waals surface area contributed by atoms with Gasteiger partial charge in [-0.3, -0.25) is 4.68 Å². The van der Waals surface area contributed by atoms with E-state index in [9.17, 15) is 13.2 Å². The second-order valence-electron chi connectivity index (χ2n) is 4.12. The summed E-state index contributed by atoms with van der Waals surface area (Å²) in [5.41, 5.74) is -0.112. The van der Waals surface area contributed by atoms with Crippen molar-refractivity contribution in [2.75, 3.05) is 18.6 Å². The summed E-state index contributed by atoms with van der Waals surface area (Å²) < 4.78 is 23.4. The summed E-state index contributed by atoms with van der Waals surface area (Å²) in [5, 5.41) is 18.8. The predicted octanol–water partition coefficient (Wildman–Crippen LogP) is -1.00. The zero-order valence-corrected chi connectivity index (χ0v) is 11.0. The Kier molecular flexibility index (Phi) is 4.79. The number of hydrogen-bond donors (Lipinski definition) is 2. The number of carboxylic acids is 1. The number of rotatable bonds is 7. The number of carbonyl (C=O) groups is 1. The monoisotopic (exact) mass is 276 g/mol. The van der Waals surface area contributed by atoms with Crippen LogP contribution in [-0.2, 0) is 16.4 Å². The Labute approximate surface area is 105 Å². The molecule has 0 amide bonds. The molecule has 0 aliphatic carbocycles. The van der Waals surface area contributed by atoms with Gasteiger partial charge in [-0.1, -0.05) is 5.21 Å². The van der Waals surface area contributed by atoms with Crippen molar-refractivity contribution in [3.8, 4) is 0 Å². The first-order valence-electron chi connectivity index (χ1n) is 5.32. The zero-order valence-electron chi connectivity index (χ0n) is 10.2. The molecule has 1 aromatic rings. The molecule has 9 heteroatoms. The number of hydrogen-bond acceptors (Lipinski definition) is 6. The van der Waals surface area contributed by atoms with Crippen molar-refractivity contribution in [3.63, 3.8) is 0 Å². The van der Waals surface area contributed by atoms with Crippen molar-refractivity contribution in [2.45, 2.75) is 19.5 Å². The lowest BCUT2D eigenvalue weighted by Crippen LogP contribution is -2.34. The van der Waals surface area contributed by atoms with E-state index in [-0.39, 0.29) is 17.5 Å². The summed E-state index contributed by atoms with van der Waals surface area (Å²) in [7, 11) is -3.00. The van der Waals surface area contributed by atoms with E-state index in [0.717, 1.165) is 0 Å². The molecule has 1 rings (SSSR count). The Morgan fingerprint density at radius 1 is 1.61 bits per heavy atom. The highest BCUT2D eigenvalue weighted by molar-refractivity contribution is 7.90. The number of sulfone groups is 1. The standard InChI is InChI=1S/C9H16N4O4S/c1-7(6-18(2,16)17)10-3-4-13-5-8(9(14)15)11-12-13/h5,7,10H,3-4,6H2,1-2H3,(H,14,15). The first-order valence-corrected chi connectivity index (χ1v) is 7.38. The van der Waals surface area contributed by atoms with Gasteiger partial charge in [-0.25, -0.2) is 13.2 Å². The fraction of sp³-hybridized carbons (Fsp3) is 0.667. The van der Waals surface area contributed by atoms with Crippen molar-refractivity contribution < 1.29 is 18.3 Å². The van der Waals surface area contributed by atoms with Crippen molar-refractivity contribution in [2.24, 2.45) is 0 Å². The molecule has 2 N–H and O–H groups in total. The van der Waals surface area contributed by atoms with Crippen LogP contribution in [0.3, 0.4) is 0 Å². The Balaban J connectivity index is 2.35. The highest BCUT2D eigenvalue weighted by atomic mass is 32.2. The Morgan fingerprint density at radius 2 is 2.28 bits per heavy atom. The van der Waals surface area contributed by atoms with Crippen molar-refractivity contribution in [3.05, 3.63) is 11.9 Å². The normalized spacial score (nSPS) is 13.4. The molecule has 8 nitrogen and oxygen atoms in total. The van der Waals surface area contributed by atoms with Gasteiger partial charge in [0, 0.05) is 18.8 Å². The van der Waals surface area contributed by atoms with E-state index >= 15 is 0 Å². The van der Waals surface area contributed by atoms with Gasteiger partial charge in [0.25, 0.3) is 0 Å². The predicted molar refractivity (Wildman–Crippen MR) is 64.2 cm³/mol. The van der Waals surface area contributed by atoms with Crippen molar-refractivity contribution in [1.82, 2.24) is 20.3 Å². The molecule has 0 bridgehead atoms. The van der Waals surface area contributed by atoms with Crippen LogP contribution >= 0.6 is 0 Å². The molecule has 0 aromatic carbocycles. The number of aromatic nitrogens is 3. The van der Waals surface area contributed by atoms with Crippen molar-refractivity contribution >= 4 is 15.8 Å². The first-order chi connectivity index (χ1) is 8.28. The highest BCUT2D eigenvalue weighted by Gasteiger charge is 2.10. The topological polar surface area (TPSA) is 114 Å². The van der Waals surface area contributed by atoms with Gasteiger partial charge in [0.05, 0.1) is 18.5 Å². The van der Waals surface area contributed by atoms with Crippen LogP contribution in [0.25, 0.3) is 0 Å². The molecule has 1 heterocycles. The fourth-order valence-electron chi connectivity index (χ4n) is 1.44. The third-order valence-electron chi connectivity index (χ3n) is 2.14. The van der Waals surface area contributed by atoms with E-state index in [4.69, 9.17) is 5.11 Å². The third kappa shape index (κ3) is 5.23. The van der Waals surface area contributed by atoms with Gasteiger partial charge in [-0.2, -0.15) is 0 Å². The summed E-state index contributed by atoms with van der Waals surface area (Å²) in [6.45, 7) is 2.68. The molecule has 102 valence electrons. The third-order valence-corrected chi connectivity index (χ3v) is 3.25. The second kappa shape index (κ2) is 5.91. The number of nitrogens with zero attached hydrogens (tertiary/aromatic N) is 3. The number of aromatic carboxylic acids is 1. The quantitative estimate of drug-likeness (QED) is 0.656. The fourth-order valence-corrected chi connectivity index (χ4v) is 2.47. The molecule has 1 aromatic heterocycles. The molecular weight excluding hydrogens is 260 g/mol. The van der Waals surface area contributed by atoms with Crippen LogP contribution in [0.2, 0.25) is 0 Å². The van der Waals surface area contributed by atoms with E-state index in [1.165, 1.54) is 17.1 Å². The van der Waals surface area contributed by atoms with E-state index in [1.807, 2.05) is 0 Å². The van der Waals surface area contributed by atoms with Crippen LogP contribution in [-0.4, -0.2) is 59.1 Å². The first kappa shape index (κ1) is 14.6. The summed E-state index contributed by atoms with van der Waals surface area (Å²) in [6, 6.07) is -0.164. The van der Waals surface area contributed by atoms with E-state index in [1.54, 1.807) is 6.92 Å². The molecule has 0 fully saturated rings. The van der Waals surface area contributed by atoms with E-state index in [0.29, 0.717) is 13.1 Å². The van der Waals surface area contributed by atoms with Crippen LogP contribution in [0.1, 0.15) is 17.4 Å². The van der Waals surface area contributed by atoms with Gasteiger partial charge in [0.2, 0.25) is 0 Å². The summed E-state index contributed by atoms with van der Waals surface area (Å²) in [4.78, 5) is 10.6. The lowest BCUT2D eigenvalue weighted by atomic mass is 10.4. The molecular formula is C9H16N4O4S. The molecule has 0 saturated carbocycles. The second-order valence-corrected chi connectivity index (χ2v) is 6.30. The Hall–Kier alpha value is -1.48.